The number of benzene rings is 2. The minimum absolute atomic E-state index is 0.0208. The molecule has 2 aromatic carbocycles. The largest absolute Gasteiger partial charge is 0.493 e. The molecule has 2 aliphatic carbocycles. The van der Waals surface area contributed by atoms with Gasteiger partial charge in [-0.05, 0) is 59.1 Å². The lowest BCUT2D eigenvalue weighted by atomic mass is 9.64. The molecule has 0 fully saturated rings. The van der Waals surface area contributed by atoms with Crippen molar-refractivity contribution in [3.63, 3.8) is 0 Å². The number of hydrogen-bond donors (Lipinski definition) is 0. The molecule has 0 unspecified atom stereocenters. The van der Waals surface area contributed by atoms with Crippen molar-refractivity contribution in [3.05, 3.63) is 86.2 Å². The monoisotopic (exact) mass is 544 g/mol. The molecule has 8 nitrogen and oxygen atoms in total. The van der Waals surface area contributed by atoms with Crippen LogP contribution in [0.4, 0.5) is 5.69 Å². The second kappa shape index (κ2) is 9.91. The summed E-state index contributed by atoms with van der Waals surface area (Å²) in [6.45, 7) is 8.69. The number of ether oxygens (including phenoxy) is 2. The predicted molar refractivity (Wildman–Crippen MR) is 151 cm³/mol. The van der Waals surface area contributed by atoms with E-state index in [2.05, 4.69) is 32.6 Å². The predicted octanol–water partition coefficient (Wildman–Crippen LogP) is 6.50. The number of nitrogens with zero attached hydrogens (tertiary/aromatic N) is 2. The van der Waals surface area contributed by atoms with Gasteiger partial charge in [0.15, 0.2) is 23.1 Å². The normalized spacial score (nSPS) is 20.3. The molecule has 0 saturated heterocycles. The fourth-order valence-corrected chi connectivity index (χ4v) is 6.36. The number of methoxy groups -OCH3 is 1. The van der Waals surface area contributed by atoms with E-state index in [9.17, 15) is 19.7 Å². The summed E-state index contributed by atoms with van der Waals surface area (Å²) in [5.74, 6) is 0.725. The molecule has 0 spiro atoms. The average molecular weight is 545 g/mol. The van der Waals surface area contributed by atoms with Gasteiger partial charge >= 0.3 is 0 Å². The van der Waals surface area contributed by atoms with Crippen LogP contribution in [0.25, 0.3) is 0 Å². The Kier molecular flexibility index (Phi) is 6.84. The Balaban J connectivity index is 1.54. The van der Waals surface area contributed by atoms with Crippen molar-refractivity contribution < 1.29 is 24.0 Å². The minimum atomic E-state index is -0.453. The van der Waals surface area contributed by atoms with Crippen molar-refractivity contribution in [3.8, 4) is 11.5 Å². The number of carbonyl (C=O) groups excluding carboxylic acids is 2. The van der Waals surface area contributed by atoms with Crippen LogP contribution >= 0.6 is 0 Å². The standard InChI is InChI=1S/C32H36N2O6/c1-31(2)14-22-29(24(35)16-31)28(30-23(33(22)5)15-32(3,4)17-25(30)36)20-9-12-26(27(13-20)39-6)40-18-19-7-10-21(11-8-19)34(37)38/h7-13,28H,14-18H2,1-6H3. The first-order valence-corrected chi connectivity index (χ1v) is 13.6. The van der Waals surface area contributed by atoms with Crippen LogP contribution in [0.2, 0.25) is 0 Å². The summed E-state index contributed by atoms with van der Waals surface area (Å²) in [6.07, 6.45) is 2.40. The summed E-state index contributed by atoms with van der Waals surface area (Å²) in [7, 11) is 3.56. The zero-order valence-electron chi connectivity index (χ0n) is 24.0. The lowest BCUT2D eigenvalue weighted by Gasteiger charge is -2.47. The molecule has 0 bridgehead atoms. The lowest BCUT2D eigenvalue weighted by Crippen LogP contribution is -2.43. The van der Waals surface area contributed by atoms with E-state index in [1.54, 1.807) is 19.2 Å². The fourth-order valence-electron chi connectivity index (χ4n) is 6.36. The van der Waals surface area contributed by atoms with Crippen LogP contribution in [0, 0.1) is 20.9 Å². The topological polar surface area (TPSA) is 99.0 Å². The van der Waals surface area contributed by atoms with E-state index >= 15 is 0 Å². The number of Topliss-reactive ketones (excluding diaryl/α,β-unsaturated/α-hetero) is 2. The first-order valence-electron chi connectivity index (χ1n) is 13.6. The summed E-state index contributed by atoms with van der Waals surface area (Å²) in [4.78, 5) is 40.1. The van der Waals surface area contributed by atoms with E-state index in [1.807, 2.05) is 25.2 Å². The number of non-ortho nitro benzene ring substituents is 1. The smallest absolute Gasteiger partial charge is 0.269 e. The molecular weight excluding hydrogens is 508 g/mol. The second-order valence-corrected chi connectivity index (χ2v) is 12.7. The van der Waals surface area contributed by atoms with Crippen LogP contribution in [0.15, 0.2) is 65.0 Å². The van der Waals surface area contributed by atoms with Crippen LogP contribution in [0.1, 0.15) is 70.4 Å². The molecule has 0 atom stereocenters. The zero-order chi connectivity index (χ0) is 29.0. The molecule has 0 aromatic heterocycles. The highest BCUT2D eigenvalue weighted by molar-refractivity contribution is 6.06. The Bertz CT molecular complexity index is 1410. The van der Waals surface area contributed by atoms with Gasteiger partial charge in [0.25, 0.3) is 5.69 Å². The highest BCUT2D eigenvalue weighted by Crippen LogP contribution is 2.54. The van der Waals surface area contributed by atoms with Crippen molar-refractivity contribution in [2.75, 3.05) is 14.2 Å². The van der Waals surface area contributed by atoms with Gasteiger partial charge in [0.2, 0.25) is 0 Å². The van der Waals surface area contributed by atoms with Gasteiger partial charge in [0.05, 0.1) is 12.0 Å². The molecule has 0 radical (unpaired) electrons. The number of nitro benzene ring substituents is 1. The van der Waals surface area contributed by atoms with Gasteiger partial charge < -0.3 is 14.4 Å². The third-order valence-corrected chi connectivity index (χ3v) is 8.24. The molecule has 40 heavy (non-hydrogen) atoms. The van der Waals surface area contributed by atoms with Gasteiger partial charge in [-0.2, -0.15) is 0 Å². The van der Waals surface area contributed by atoms with E-state index in [1.165, 1.54) is 12.1 Å². The molecule has 210 valence electrons. The van der Waals surface area contributed by atoms with Gasteiger partial charge in [-0.25, -0.2) is 0 Å². The summed E-state index contributed by atoms with van der Waals surface area (Å²) in [6, 6.07) is 11.8. The maximum Gasteiger partial charge on any atom is 0.269 e. The number of carbonyl (C=O) groups is 2. The van der Waals surface area contributed by atoms with E-state index in [-0.39, 0.29) is 34.7 Å². The van der Waals surface area contributed by atoms with Crippen molar-refractivity contribution in [1.29, 1.82) is 0 Å². The van der Waals surface area contributed by atoms with Gasteiger partial charge in [0, 0.05) is 60.5 Å². The first-order chi connectivity index (χ1) is 18.8. The number of ketones is 2. The number of hydrogen-bond acceptors (Lipinski definition) is 7. The quantitative estimate of drug-likeness (QED) is 0.302. The Morgan fingerprint density at radius 2 is 1.43 bits per heavy atom. The first kappa shape index (κ1) is 27.6. The van der Waals surface area contributed by atoms with E-state index < -0.39 is 10.8 Å². The third kappa shape index (κ3) is 5.03. The highest BCUT2D eigenvalue weighted by atomic mass is 16.6. The Morgan fingerprint density at radius 1 is 0.875 bits per heavy atom. The van der Waals surface area contributed by atoms with Crippen LogP contribution in [-0.2, 0) is 16.2 Å². The van der Waals surface area contributed by atoms with Crippen molar-refractivity contribution in [1.82, 2.24) is 4.90 Å². The van der Waals surface area contributed by atoms with Gasteiger partial charge in [-0.15, -0.1) is 0 Å². The van der Waals surface area contributed by atoms with Crippen molar-refractivity contribution in [2.45, 2.75) is 65.9 Å². The summed E-state index contributed by atoms with van der Waals surface area (Å²) in [5, 5.41) is 10.9. The fraction of sp³-hybridized carbons (Fsp3) is 0.438. The Hall–Kier alpha value is -3.94. The second-order valence-electron chi connectivity index (χ2n) is 12.7. The van der Waals surface area contributed by atoms with Crippen LogP contribution < -0.4 is 9.47 Å². The summed E-state index contributed by atoms with van der Waals surface area (Å²) >= 11 is 0. The molecule has 2 aromatic rings. The molecular formula is C32H36N2O6. The maximum absolute atomic E-state index is 13.7. The van der Waals surface area contributed by atoms with Crippen molar-refractivity contribution >= 4 is 17.3 Å². The highest BCUT2D eigenvalue weighted by Gasteiger charge is 2.48. The van der Waals surface area contributed by atoms with Gasteiger partial charge in [-0.1, -0.05) is 33.8 Å². The van der Waals surface area contributed by atoms with Crippen LogP contribution in [0.3, 0.4) is 0 Å². The average Bonchev–Trinajstić information content (AvgIpc) is 2.87. The zero-order valence-corrected chi connectivity index (χ0v) is 24.0. The molecule has 0 amide bonds. The summed E-state index contributed by atoms with van der Waals surface area (Å²) in [5.41, 5.74) is 4.76. The van der Waals surface area contributed by atoms with E-state index in [0.717, 1.165) is 46.5 Å². The molecule has 8 heteroatoms. The SMILES string of the molecule is COc1cc(C2C3=C(CC(C)(C)CC3=O)N(C)C3=C2C(=O)CC(C)(C)C3)ccc1OCc1ccc([N+](=O)[O-])cc1. The Labute approximate surface area is 234 Å². The minimum Gasteiger partial charge on any atom is -0.493 e. The van der Waals surface area contributed by atoms with Crippen LogP contribution in [-0.4, -0.2) is 35.5 Å². The molecule has 1 aliphatic heterocycles. The molecule has 1 heterocycles. The Morgan fingerprint density at radius 3 is 1.93 bits per heavy atom. The number of nitro groups is 1. The van der Waals surface area contributed by atoms with Crippen molar-refractivity contribution in [2.24, 2.45) is 10.8 Å². The number of allylic oxidation sites excluding steroid dienone is 4. The summed E-state index contributed by atoms with van der Waals surface area (Å²) < 4.78 is 11.7. The van der Waals surface area contributed by atoms with Gasteiger partial charge in [0.1, 0.15) is 6.61 Å². The molecule has 0 N–H and O–H groups in total. The number of rotatable bonds is 6. The van der Waals surface area contributed by atoms with E-state index in [4.69, 9.17) is 9.47 Å². The van der Waals surface area contributed by atoms with Gasteiger partial charge in [-0.3, -0.25) is 19.7 Å². The molecule has 0 saturated carbocycles. The third-order valence-electron chi connectivity index (χ3n) is 8.24. The van der Waals surface area contributed by atoms with Crippen LogP contribution in [0.5, 0.6) is 11.5 Å². The molecule has 5 rings (SSSR count). The van der Waals surface area contributed by atoms with E-state index in [0.29, 0.717) is 24.3 Å². The lowest BCUT2D eigenvalue weighted by molar-refractivity contribution is -0.384. The maximum atomic E-state index is 13.7. The molecule has 3 aliphatic rings.